The van der Waals surface area contributed by atoms with E-state index in [1.165, 1.54) is 10.8 Å². The summed E-state index contributed by atoms with van der Waals surface area (Å²) in [5.41, 5.74) is 0. The van der Waals surface area contributed by atoms with Crippen LogP contribution in [0.4, 0.5) is 4.70 Å². The number of pyridine rings is 1. The number of benzene rings is 1. The van der Waals surface area contributed by atoms with Crippen molar-refractivity contribution in [2.45, 2.75) is 0 Å². The Morgan fingerprint density at radius 2 is 1.47 bits per heavy atom. The maximum absolute atomic E-state index is 4.01. The third-order valence-corrected chi connectivity index (χ3v) is 2.05. The second-order valence-electron chi connectivity index (χ2n) is 3.11. The number of aromatic amines is 1. The maximum atomic E-state index is 4.01. The van der Waals surface area contributed by atoms with E-state index in [1.807, 2.05) is 55.1 Å². The second kappa shape index (κ2) is 8.10. The summed E-state index contributed by atoms with van der Waals surface area (Å²) in [6, 6.07) is 14.1. The Balaban J connectivity index is 0.000000318. The zero-order valence-corrected chi connectivity index (χ0v) is 8.71. The number of halogens is 1. The highest BCUT2D eigenvalue weighted by molar-refractivity contribution is 5.80. The first-order valence-corrected chi connectivity index (χ1v) is 4.83. The van der Waals surface area contributed by atoms with Crippen LogP contribution in [0, 0.1) is 0 Å². The van der Waals surface area contributed by atoms with Gasteiger partial charge in [0.25, 0.3) is 0 Å². The molecular formula is C13H16BFN2. The van der Waals surface area contributed by atoms with Crippen molar-refractivity contribution < 1.29 is 4.70 Å². The molecule has 0 aliphatic rings. The van der Waals surface area contributed by atoms with Gasteiger partial charge in [-0.25, -0.2) is 0 Å². The summed E-state index contributed by atoms with van der Waals surface area (Å²) < 4.78 is 0. The number of hydrogen-bond acceptors (Lipinski definition) is 1. The summed E-state index contributed by atoms with van der Waals surface area (Å²) >= 11 is 0. The first kappa shape index (κ1) is 14.9. The van der Waals surface area contributed by atoms with E-state index in [-0.39, 0.29) is 13.1 Å². The SMILES string of the molecule is B.F.c1cc[nH]c1.c1ccc2cnccc2c1. The Bertz CT molecular complexity index is 429. The summed E-state index contributed by atoms with van der Waals surface area (Å²) in [5.74, 6) is 0. The predicted molar refractivity (Wildman–Crippen MR) is 75.0 cm³/mol. The van der Waals surface area contributed by atoms with Crippen molar-refractivity contribution in [3.05, 3.63) is 67.3 Å². The molecule has 88 valence electrons. The zero-order valence-electron chi connectivity index (χ0n) is 8.71. The van der Waals surface area contributed by atoms with Crippen LogP contribution in [0.1, 0.15) is 0 Å². The molecule has 2 nitrogen and oxygen atoms in total. The molecule has 0 saturated heterocycles. The Hall–Kier alpha value is -2.10. The van der Waals surface area contributed by atoms with Crippen LogP contribution in [0.5, 0.6) is 0 Å². The van der Waals surface area contributed by atoms with Crippen molar-refractivity contribution in [1.82, 2.24) is 9.97 Å². The van der Waals surface area contributed by atoms with Gasteiger partial charge in [0.15, 0.2) is 0 Å². The number of fused-ring (bicyclic) bond motifs is 1. The molecule has 0 bridgehead atoms. The minimum atomic E-state index is 0. The van der Waals surface area contributed by atoms with E-state index in [0.717, 1.165) is 0 Å². The Kier molecular flexibility index (Phi) is 7.10. The van der Waals surface area contributed by atoms with Gasteiger partial charge < -0.3 is 4.98 Å². The van der Waals surface area contributed by atoms with Crippen molar-refractivity contribution in [1.29, 1.82) is 0 Å². The van der Waals surface area contributed by atoms with Gasteiger partial charge in [-0.1, -0.05) is 24.3 Å². The smallest absolute Gasteiger partial charge is 0.0814 e. The summed E-state index contributed by atoms with van der Waals surface area (Å²) in [6.45, 7) is 0. The summed E-state index contributed by atoms with van der Waals surface area (Å²) in [4.78, 5) is 6.87. The molecule has 17 heavy (non-hydrogen) atoms. The van der Waals surface area contributed by atoms with Gasteiger partial charge in [-0.2, -0.15) is 0 Å². The van der Waals surface area contributed by atoms with Crippen LogP contribution in [0.25, 0.3) is 10.8 Å². The first-order chi connectivity index (χ1) is 7.47. The molecular weight excluding hydrogens is 214 g/mol. The number of hydrogen-bond donors (Lipinski definition) is 1. The molecule has 4 heteroatoms. The second-order valence-corrected chi connectivity index (χ2v) is 3.11. The van der Waals surface area contributed by atoms with Gasteiger partial charge in [0.1, 0.15) is 0 Å². The molecule has 1 N–H and O–H groups in total. The molecule has 0 amide bonds. The first-order valence-electron chi connectivity index (χ1n) is 4.83. The quantitative estimate of drug-likeness (QED) is 0.589. The lowest BCUT2D eigenvalue weighted by atomic mass is 10.2. The van der Waals surface area contributed by atoms with Crippen molar-refractivity contribution in [2.24, 2.45) is 0 Å². The molecule has 0 radical (unpaired) electrons. The number of nitrogens with zero attached hydrogens (tertiary/aromatic N) is 1. The lowest BCUT2D eigenvalue weighted by Crippen LogP contribution is -1.71. The van der Waals surface area contributed by atoms with Crippen molar-refractivity contribution in [3.8, 4) is 0 Å². The summed E-state index contributed by atoms with van der Waals surface area (Å²) in [6.07, 6.45) is 7.43. The van der Waals surface area contributed by atoms with Gasteiger partial charge in [-0.15, -0.1) is 0 Å². The molecule has 0 fully saturated rings. The van der Waals surface area contributed by atoms with Crippen LogP contribution in [-0.4, -0.2) is 18.4 Å². The normalized spacial score (nSPS) is 8.24. The van der Waals surface area contributed by atoms with Gasteiger partial charge in [-0.3, -0.25) is 9.69 Å². The van der Waals surface area contributed by atoms with Gasteiger partial charge in [0.05, 0.1) is 8.41 Å². The van der Waals surface area contributed by atoms with Crippen LogP contribution >= 0.6 is 0 Å². The molecule has 0 unspecified atom stereocenters. The predicted octanol–water partition coefficient (Wildman–Crippen LogP) is 2.22. The van der Waals surface area contributed by atoms with Gasteiger partial charge >= 0.3 is 0 Å². The Morgan fingerprint density at radius 3 is 2.00 bits per heavy atom. The molecule has 3 rings (SSSR count). The van der Waals surface area contributed by atoms with Crippen LogP contribution in [0.2, 0.25) is 0 Å². The Morgan fingerprint density at radius 1 is 0.824 bits per heavy atom. The van der Waals surface area contributed by atoms with Crippen molar-refractivity contribution in [2.75, 3.05) is 0 Å². The third kappa shape index (κ3) is 4.51. The van der Waals surface area contributed by atoms with Gasteiger partial charge in [0.2, 0.25) is 0 Å². The maximum Gasteiger partial charge on any atom is 0.0814 e. The number of nitrogens with one attached hydrogen (secondary N) is 1. The van der Waals surface area contributed by atoms with Gasteiger partial charge in [-0.05, 0) is 29.0 Å². The third-order valence-electron chi connectivity index (χ3n) is 2.05. The lowest BCUT2D eigenvalue weighted by Gasteiger charge is -1.91. The van der Waals surface area contributed by atoms with Crippen LogP contribution in [0.15, 0.2) is 67.3 Å². The standard InChI is InChI=1S/C9H7N.C4H5N.BH3.FH/c1-2-4-9-7-10-6-5-8(9)3-1;1-2-4-5-3-1;;/h1-7H;1-5H;1H3;1H. The van der Waals surface area contributed by atoms with Crippen LogP contribution < -0.4 is 0 Å². The fraction of sp³-hybridized carbons (Fsp3) is 0. The number of aromatic nitrogens is 2. The van der Waals surface area contributed by atoms with Crippen LogP contribution in [-0.2, 0) is 0 Å². The molecule has 0 saturated carbocycles. The topological polar surface area (TPSA) is 28.7 Å². The highest BCUT2D eigenvalue weighted by atomic mass is 19.0. The molecule has 0 atom stereocenters. The minimum Gasteiger partial charge on any atom is -0.368 e. The van der Waals surface area contributed by atoms with Crippen LogP contribution in [0.3, 0.4) is 0 Å². The highest BCUT2D eigenvalue weighted by Gasteiger charge is 1.86. The lowest BCUT2D eigenvalue weighted by molar-refractivity contribution is 1.11. The van der Waals surface area contributed by atoms with E-state index in [4.69, 9.17) is 0 Å². The largest absolute Gasteiger partial charge is 0.368 e. The highest BCUT2D eigenvalue weighted by Crippen LogP contribution is 2.09. The zero-order chi connectivity index (χ0) is 10.3. The molecule has 0 spiro atoms. The minimum absolute atomic E-state index is 0. The average Bonchev–Trinajstić information content (AvgIpc) is 2.88. The van der Waals surface area contributed by atoms with Crippen molar-refractivity contribution >= 4 is 19.2 Å². The number of rotatable bonds is 0. The monoisotopic (exact) mass is 230 g/mol. The molecule has 2 heterocycles. The van der Waals surface area contributed by atoms with E-state index in [2.05, 4.69) is 22.1 Å². The molecule has 0 aliphatic heterocycles. The molecule has 2 aromatic heterocycles. The van der Waals surface area contributed by atoms with E-state index in [1.54, 1.807) is 0 Å². The average molecular weight is 230 g/mol. The van der Waals surface area contributed by atoms with E-state index in [0.29, 0.717) is 0 Å². The Labute approximate surface area is 102 Å². The van der Waals surface area contributed by atoms with Gasteiger partial charge in [0, 0.05) is 24.8 Å². The molecule has 0 aliphatic carbocycles. The van der Waals surface area contributed by atoms with E-state index < -0.39 is 0 Å². The fourth-order valence-electron chi connectivity index (χ4n) is 1.30. The van der Waals surface area contributed by atoms with E-state index in [9.17, 15) is 0 Å². The summed E-state index contributed by atoms with van der Waals surface area (Å²) in [7, 11) is 0. The molecule has 1 aromatic carbocycles. The summed E-state index contributed by atoms with van der Waals surface area (Å²) in [5, 5.41) is 2.45. The number of H-pyrrole nitrogens is 1. The van der Waals surface area contributed by atoms with Crippen molar-refractivity contribution in [3.63, 3.8) is 0 Å². The fourth-order valence-corrected chi connectivity index (χ4v) is 1.30. The molecule has 3 aromatic rings. The van der Waals surface area contributed by atoms with E-state index >= 15 is 0 Å².